The Kier molecular flexibility index (Phi) is 3.71. The molecule has 1 aliphatic heterocycles. The molecular formula is C15H23N3O. The summed E-state index contributed by atoms with van der Waals surface area (Å²) in [5, 5.41) is 0. The average Bonchev–Trinajstić information content (AvgIpc) is 3.15. The predicted molar refractivity (Wildman–Crippen MR) is 75.0 cm³/mol. The Morgan fingerprint density at radius 1 is 1.53 bits per heavy atom. The van der Waals surface area contributed by atoms with Crippen molar-refractivity contribution in [1.82, 2.24) is 14.5 Å². The minimum Gasteiger partial charge on any atom is -0.375 e. The molecule has 0 aromatic carbocycles. The molecule has 0 spiro atoms. The summed E-state index contributed by atoms with van der Waals surface area (Å²) in [4.78, 5) is 7.11. The van der Waals surface area contributed by atoms with Gasteiger partial charge in [0.15, 0.2) is 0 Å². The second kappa shape index (κ2) is 5.47. The van der Waals surface area contributed by atoms with Crippen molar-refractivity contribution in [3.05, 3.63) is 30.4 Å². The van der Waals surface area contributed by atoms with Gasteiger partial charge in [0.05, 0.1) is 37.0 Å². The van der Waals surface area contributed by atoms with Gasteiger partial charge in [0.2, 0.25) is 0 Å². The van der Waals surface area contributed by atoms with Crippen molar-refractivity contribution in [2.75, 3.05) is 26.3 Å². The van der Waals surface area contributed by atoms with E-state index in [1.165, 1.54) is 30.8 Å². The van der Waals surface area contributed by atoms with Gasteiger partial charge in [-0.25, -0.2) is 4.98 Å². The molecule has 1 saturated carbocycles. The van der Waals surface area contributed by atoms with Crippen molar-refractivity contribution < 1.29 is 4.74 Å². The highest BCUT2D eigenvalue weighted by molar-refractivity contribution is 5.21. The molecule has 1 atom stereocenters. The molecule has 0 N–H and O–H groups in total. The van der Waals surface area contributed by atoms with Gasteiger partial charge in [-0.05, 0) is 18.8 Å². The minimum atomic E-state index is 0.358. The molecule has 1 aliphatic carbocycles. The number of nitrogens with zero attached hydrogens (tertiary/aromatic N) is 3. The molecule has 0 amide bonds. The minimum absolute atomic E-state index is 0.358. The number of fused-ring (bicyclic) bond motifs is 1. The molecular weight excluding hydrogens is 238 g/mol. The highest BCUT2D eigenvalue weighted by atomic mass is 16.5. The fraction of sp³-hybridized carbons (Fsp3) is 0.667. The first-order chi connectivity index (χ1) is 9.29. The Labute approximate surface area is 115 Å². The van der Waals surface area contributed by atoms with E-state index >= 15 is 0 Å². The van der Waals surface area contributed by atoms with Crippen LogP contribution in [0.3, 0.4) is 0 Å². The molecule has 0 unspecified atom stereocenters. The van der Waals surface area contributed by atoms with Crippen LogP contribution in [-0.4, -0.2) is 40.8 Å². The molecule has 2 heterocycles. The van der Waals surface area contributed by atoms with Crippen LogP contribution in [-0.2, 0) is 18.2 Å². The van der Waals surface area contributed by atoms with Crippen LogP contribution in [0.25, 0.3) is 0 Å². The first-order valence-electron chi connectivity index (χ1n) is 7.22. The lowest BCUT2D eigenvalue weighted by Gasteiger charge is -2.35. The Hall–Kier alpha value is -1.13. The highest BCUT2D eigenvalue weighted by Crippen LogP contribution is 2.35. The largest absolute Gasteiger partial charge is 0.375 e. The van der Waals surface area contributed by atoms with Crippen molar-refractivity contribution >= 4 is 0 Å². The number of aryl methyl sites for hydroxylation is 1. The van der Waals surface area contributed by atoms with E-state index in [-0.39, 0.29) is 0 Å². The topological polar surface area (TPSA) is 30.3 Å². The summed E-state index contributed by atoms with van der Waals surface area (Å²) in [6.45, 7) is 7.41. The van der Waals surface area contributed by atoms with E-state index in [0.29, 0.717) is 12.6 Å². The SMILES string of the molecule is C=CCOC[C@@H]1c2c(ncn2C)CCN1CC1CC1. The van der Waals surface area contributed by atoms with Gasteiger partial charge in [0.1, 0.15) is 0 Å². The molecule has 0 saturated heterocycles. The molecule has 1 aromatic heterocycles. The number of aromatic nitrogens is 2. The summed E-state index contributed by atoms with van der Waals surface area (Å²) in [7, 11) is 2.09. The first-order valence-corrected chi connectivity index (χ1v) is 7.22. The summed E-state index contributed by atoms with van der Waals surface area (Å²) in [5.41, 5.74) is 2.60. The van der Waals surface area contributed by atoms with Gasteiger partial charge in [-0.15, -0.1) is 6.58 Å². The normalized spacial score (nSPS) is 23.3. The second-order valence-electron chi connectivity index (χ2n) is 5.72. The van der Waals surface area contributed by atoms with E-state index < -0.39 is 0 Å². The fourth-order valence-electron chi connectivity index (χ4n) is 2.98. The summed E-state index contributed by atoms with van der Waals surface area (Å²) < 4.78 is 7.90. The summed E-state index contributed by atoms with van der Waals surface area (Å²) >= 11 is 0. The van der Waals surface area contributed by atoms with Crippen LogP contribution in [0.15, 0.2) is 19.0 Å². The predicted octanol–water partition coefficient (Wildman–Crippen LogP) is 1.93. The van der Waals surface area contributed by atoms with Gasteiger partial charge >= 0.3 is 0 Å². The molecule has 4 heteroatoms. The zero-order valence-corrected chi connectivity index (χ0v) is 11.7. The van der Waals surface area contributed by atoms with Crippen molar-refractivity contribution in [2.24, 2.45) is 13.0 Å². The second-order valence-corrected chi connectivity index (χ2v) is 5.72. The average molecular weight is 261 g/mol. The molecule has 3 rings (SSSR count). The van der Waals surface area contributed by atoms with Crippen molar-refractivity contribution in [3.63, 3.8) is 0 Å². The zero-order valence-electron chi connectivity index (χ0n) is 11.7. The third-order valence-electron chi connectivity index (χ3n) is 4.16. The first kappa shape index (κ1) is 12.9. The maximum absolute atomic E-state index is 5.73. The Bertz CT molecular complexity index is 450. The summed E-state index contributed by atoms with van der Waals surface area (Å²) in [6.07, 6.45) is 7.62. The van der Waals surface area contributed by atoms with Gasteiger partial charge in [-0.3, -0.25) is 4.90 Å². The number of hydrogen-bond acceptors (Lipinski definition) is 3. The van der Waals surface area contributed by atoms with E-state index in [4.69, 9.17) is 4.74 Å². The van der Waals surface area contributed by atoms with Gasteiger partial charge in [-0.1, -0.05) is 6.08 Å². The number of imidazole rings is 1. The van der Waals surface area contributed by atoms with Crippen LogP contribution >= 0.6 is 0 Å². The monoisotopic (exact) mass is 261 g/mol. The maximum atomic E-state index is 5.73. The lowest BCUT2D eigenvalue weighted by molar-refractivity contribution is 0.0603. The van der Waals surface area contributed by atoms with Crippen LogP contribution < -0.4 is 0 Å². The fourth-order valence-corrected chi connectivity index (χ4v) is 2.98. The molecule has 4 nitrogen and oxygen atoms in total. The van der Waals surface area contributed by atoms with Gasteiger partial charge in [0.25, 0.3) is 0 Å². The number of hydrogen-bond donors (Lipinski definition) is 0. The van der Waals surface area contributed by atoms with E-state index in [1.807, 2.05) is 12.4 Å². The number of rotatable bonds is 6. The molecule has 104 valence electrons. The maximum Gasteiger partial charge on any atom is 0.0949 e. The van der Waals surface area contributed by atoms with Gasteiger partial charge in [0, 0.05) is 26.6 Å². The molecule has 19 heavy (non-hydrogen) atoms. The smallest absolute Gasteiger partial charge is 0.0949 e. The van der Waals surface area contributed by atoms with Crippen LogP contribution in [0.2, 0.25) is 0 Å². The lowest BCUT2D eigenvalue weighted by Crippen LogP contribution is -2.40. The van der Waals surface area contributed by atoms with Crippen LogP contribution in [0.1, 0.15) is 30.3 Å². The van der Waals surface area contributed by atoms with Crippen LogP contribution in [0.5, 0.6) is 0 Å². The Morgan fingerprint density at radius 3 is 3.11 bits per heavy atom. The molecule has 0 radical (unpaired) electrons. The third-order valence-corrected chi connectivity index (χ3v) is 4.16. The van der Waals surface area contributed by atoms with Crippen molar-refractivity contribution in [1.29, 1.82) is 0 Å². The highest BCUT2D eigenvalue weighted by Gasteiger charge is 2.34. The van der Waals surface area contributed by atoms with E-state index in [9.17, 15) is 0 Å². The lowest BCUT2D eigenvalue weighted by atomic mass is 10.0. The molecule has 1 fully saturated rings. The van der Waals surface area contributed by atoms with Crippen LogP contribution in [0, 0.1) is 5.92 Å². The summed E-state index contributed by atoms with van der Waals surface area (Å²) in [6, 6.07) is 0.358. The van der Waals surface area contributed by atoms with E-state index in [1.54, 1.807) is 0 Å². The molecule has 1 aromatic rings. The number of ether oxygens (including phenoxy) is 1. The Balaban J connectivity index is 1.77. The van der Waals surface area contributed by atoms with Crippen molar-refractivity contribution in [2.45, 2.75) is 25.3 Å². The molecule has 0 bridgehead atoms. The van der Waals surface area contributed by atoms with Gasteiger partial charge in [-0.2, -0.15) is 0 Å². The summed E-state index contributed by atoms with van der Waals surface area (Å²) in [5.74, 6) is 0.914. The Morgan fingerprint density at radius 2 is 2.37 bits per heavy atom. The van der Waals surface area contributed by atoms with Crippen LogP contribution in [0.4, 0.5) is 0 Å². The zero-order chi connectivity index (χ0) is 13.2. The standard InChI is InChI=1S/C15H23N3O/c1-3-8-19-10-14-15-13(16-11-17(15)2)6-7-18(14)9-12-4-5-12/h3,11-12,14H,1,4-10H2,2H3/t14-/m1/s1. The van der Waals surface area contributed by atoms with Crippen molar-refractivity contribution in [3.8, 4) is 0 Å². The third kappa shape index (κ3) is 2.74. The van der Waals surface area contributed by atoms with E-state index in [2.05, 4.69) is 28.1 Å². The van der Waals surface area contributed by atoms with Gasteiger partial charge < -0.3 is 9.30 Å². The quantitative estimate of drug-likeness (QED) is 0.579. The van der Waals surface area contributed by atoms with E-state index in [0.717, 1.165) is 25.5 Å². The molecule has 2 aliphatic rings.